The third-order valence-electron chi connectivity index (χ3n) is 4.46. The minimum Gasteiger partial charge on any atom is -0.393 e. The van der Waals surface area contributed by atoms with Crippen molar-refractivity contribution >= 4 is 0 Å². The molecule has 1 rings (SSSR count). The van der Waals surface area contributed by atoms with Crippen molar-refractivity contribution in [3.05, 3.63) is 23.8 Å². The monoisotopic (exact) mass is 222 g/mol. The van der Waals surface area contributed by atoms with Crippen LogP contribution in [0.3, 0.4) is 0 Å². The summed E-state index contributed by atoms with van der Waals surface area (Å²) in [5, 5.41) is 9.67. The molecular weight excluding hydrogens is 196 g/mol. The summed E-state index contributed by atoms with van der Waals surface area (Å²) in [5.41, 5.74) is 1.62. The predicted molar refractivity (Wildman–Crippen MR) is 70.2 cm³/mol. The van der Waals surface area contributed by atoms with Crippen molar-refractivity contribution in [1.82, 2.24) is 0 Å². The van der Waals surface area contributed by atoms with E-state index >= 15 is 0 Å². The molecule has 0 aromatic heterocycles. The highest BCUT2D eigenvalue weighted by Gasteiger charge is 2.33. The van der Waals surface area contributed by atoms with Gasteiger partial charge >= 0.3 is 0 Å². The van der Waals surface area contributed by atoms with Crippen LogP contribution in [0.15, 0.2) is 23.8 Å². The highest BCUT2D eigenvalue weighted by atomic mass is 16.3. The average molecular weight is 222 g/mol. The van der Waals surface area contributed by atoms with Crippen LogP contribution < -0.4 is 0 Å². The fourth-order valence-corrected chi connectivity index (χ4v) is 1.98. The van der Waals surface area contributed by atoms with Gasteiger partial charge in [0.05, 0.1) is 6.10 Å². The van der Waals surface area contributed by atoms with Crippen LogP contribution in [0.2, 0.25) is 0 Å². The van der Waals surface area contributed by atoms with E-state index in [4.69, 9.17) is 0 Å². The molecule has 1 heteroatoms. The topological polar surface area (TPSA) is 20.2 Å². The van der Waals surface area contributed by atoms with E-state index in [9.17, 15) is 5.11 Å². The molecule has 0 saturated heterocycles. The van der Waals surface area contributed by atoms with Gasteiger partial charge in [0.2, 0.25) is 0 Å². The maximum atomic E-state index is 9.67. The first-order chi connectivity index (χ1) is 7.18. The van der Waals surface area contributed by atoms with Gasteiger partial charge in [-0.05, 0) is 31.6 Å². The Kier molecular flexibility index (Phi) is 3.69. The fourth-order valence-electron chi connectivity index (χ4n) is 1.98. The van der Waals surface area contributed by atoms with Gasteiger partial charge in [0.25, 0.3) is 0 Å². The highest BCUT2D eigenvalue weighted by Crippen LogP contribution is 2.44. The molecule has 0 fully saturated rings. The molecule has 0 heterocycles. The SMILES string of the molecule is CC1=CCC(C=CC(C)(C)[C@@H](C)O)C1(C)C. The summed E-state index contributed by atoms with van der Waals surface area (Å²) < 4.78 is 0. The van der Waals surface area contributed by atoms with Crippen molar-refractivity contribution in [1.29, 1.82) is 0 Å². The van der Waals surface area contributed by atoms with Crippen molar-refractivity contribution in [2.45, 2.75) is 54.1 Å². The smallest absolute Gasteiger partial charge is 0.0597 e. The molecule has 1 N–H and O–H groups in total. The molecule has 1 aliphatic carbocycles. The maximum absolute atomic E-state index is 9.67. The summed E-state index contributed by atoms with van der Waals surface area (Å²) >= 11 is 0. The molecule has 92 valence electrons. The quantitative estimate of drug-likeness (QED) is 0.717. The van der Waals surface area contributed by atoms with Crippen LogP contribution >= 0.6 is 0 Å². The van der Waals surface area contributed by atoms with Crippen molar-refractivity contribution in [2.24, 2.45) is 16.7 Å². The lowest BCUT2D eigenvalue weighted by atomic mass is 9.76. The van der Waals surface area contributed by atoms with E-state index in [2.05, 4.69) is 52.8 Å². The largest absolute Gasteiger partial charge is 0.393 e. The number of aliphatic hydroxyl groups excluding tert-OH is 1. The molecule has 2 atom stereocenters. The van der Waals surface area contributed by atoms with E-state index in [0.717, 1.165) is 6.42 Å². The van der Waals surface area contributed by atoms with Crippen LogP contribution in [-0.4, -0.2) is 11.2 Å². The lowest BCUT2D eigenvalue weighted by Crippen LogP contribution is -2.25. The van der Waals surface area contributed by atoms with Gasteiger partial charge in [0, 0.05) is 5.41 Å². The van der Waals surface area contributed by atoms with E-state index in [0.29, 0.717) is 5.92 Å². The number of hydrogen-bond donors (Lipinski definition) is 1. The van der Waals surface area contributed by atoms with Crippen LogP contribution in [0.5, 0.6) is 0 Å². The second-order valence-corrected chi connectivity index (χ2v) is 6.31. The Bertz CT molecular complexity index is 305. The molecule has 1 aliphatic rings. The zero-order valence-corrected chi connectivity index (χ0v) is 11.5. The van der Waals surface area contributed by atoms with Gasteiger partial charge in [-0.25, -0.2) is 0 Å². The van der Waals surface area contributed by atoms with Crippen LogP contribution in [0.4, 0.5) is 0 Å². The summed E-state index contributed by atoms with van der Waals surface area (Å²) in [6, 6.07) is 0. The van der Waals surface area contributed by atoms with E-state index in [-0.39, 0.29) is 16.9 Å². The Morgan fingerprint density at radius 1 is 1.50 bits per heavy atom. The van der Waals surface area contributed by atoms with Crippen molar-refractivity contribution in [2.75, 3.05) is 0 Å². The normalized spacial score (nSPS) is 27.2. The molecule has 1 unspecified atom stereocenters. The molecule has 16 heavy (non-hydrogen) atoms. The van der Waals surface area contributed by atoms with Gasteiger partial charge in [-0.15, -0.1) is 0 Å². The van der Waals surface area contributed by atoms with Gasteiger partial charge in [0.1, 0.15) is 0 Å². The van der Waals surface area contributed by atoms with Gasteiger partial charge < -0.3 is 5.11 Å². The number of allylic oxidation sites excluding steroid dienone is 3. The summed E-state index contributed by atoms with van der Waals surface area (Å²) in [6.45, 7) is 12.8. The van der Waals surface area contributed by atoms with Crippen molar-refractivity contribution < 1.29 is 5.11 Å². The van der Waals surface area contributed by atoms with Crippen molar-refractivity contribution in [3.8, 4) is 0 Å². The Hall–Kier alpha value is -0.560. The highest BCUT2D eigenvalue weighted by molar-refractivity contribution is 5.22. The molecule has 0 spiro atoms. The standard InChI is InChI=1S/C15H26O/c1-11-7-8-13(15(11,5)6)9-10-14(3,4)12(2)16/h7,9-10,12-13,16H,8H2,1-6H3/t12-,13?/m1/s1. The second-order valence-electron chi connectivity index (χ2n) is 6.31. The summed E-state index contributed by atoms with van der Waals surface area (Å²) in [7, 11) is 0. The second kappa shape index (κ2) is 4.37. The Balaban J connectivity index is 2.74. The van der Waals surface area contributed by atoms with E-state index in [1.165, 1.54) is 5.57 Å². The van der Waals surface area contributed by atoms with E-state index < -0.39 is 0 Å². The molecule has 1 nitrogen and oxygen atoms in total. The first-order valence-corrected chi connectivity index (χ1v) is 6.22. The summed E-state index contributed by atoms with van der Waals surface area (Å²) in [4.78, 5) is 0. The molecule has 0 radical (unpaired) electrons. The van der Waals surface area contributed by atoms with Gasteiger partial charge in [-0.2, -0.15) is 0 Å². The molecule has 0 aromatic rings. The average Bonchev–Trinajstić information content (AvgIpc) is 2.39. The third kappa shape index (κ3) is 2.57. The Morgan fingerprint density at radius 3 is 2.44 bits per heavy atom. The van der Waals surface area contributed by atoms with Gasteiger partial charge in [-0.1, -0.05) is 51.5 Å². The minimum absolute atomic E-state index is 0.132. The number of hydrogen-bond acceptors (Lipinski definition) is 1. The number of rotatable bonds is 3. The number of aliphatic hydroxyl groups is 1. The Labute approximate surface area is 100 Å². The fraction of sp³-hybridized carbons (Fsp3) is 0.733. The summed E-state index contributed by atoms with van der Waals surface area (Å²) in [5.74, 6) is 0.575. The molecule has 0 aromatic carbocycles. The minimum atomic E-state index is -0.303. The lowest BCUT2D eigenvalue weighted by molar-refractivity contribution is 0.0989. The van der Waals surface area contributed by atoms with Crippen LogP contribution in [-0.2, 0) is 0 Å². The van der Waals surface area contributed by atoms with E-state index in [1.54, 1.807) is 0 Å². The zero-order chi connectivity index (χ0) is 12.6. The molecule has 0 saturated carbocycles. The van der Waals surface area contributed by atoms with Crippen LogP contribution in [0.25, 0.3) is 0 Å². The predicted octanol–water partition coefficient (Wildman–Crippen LogP) is 3.94. The van der Waals surface area contributed by atoms with Crippen LogP contribution in [0.1, 0.15) is 48.0 Å². The lowest BCUT2D eigenvalue weighted by Gasteiger charge is -2.29. The van der Waals surface area contributed by atoms with Crippen molar-refractivity contribution in [3.63, 3.8) is 0 Å². The molecule has 0 aliphatic heterocycles. The van der Waals surface area contributed by atoms with E-state index in [1.807, 2.05) is 6.92 Å². The summed E-state index contributed by atoms with van der Waals surface area (Å²) in [6.07, 6.45) is 7.63. The molecule has 0 amide bonds. The third-order valence-corrected chi connectivity index (χ3v) is 4.46. The maximum Gasteiger partial charge on any atom is 0.0597 e. The van der Waals surface area contributed by atoms with Gasteiger partial charge in [0.15, 0.2) is 0 Å². The first-order valence-electron chi connectivity index (χ1n) is 6.22. The zero-order valence-electron chi connectivity index (χ0n) is 11.5. The molecule has 0 bridgehead atoms. The molecular formula is C15H26O. The van der Waals surface area contributed by atoms with Crippen LogP contribution in [0, 0.1) is 16.7 Å². The Morgan fingerprint density at radius 2 is 2.06 bits per heavy atom. The first kappa shape index (κ1) is 13.5. The van der Waals surface area contributed by atoms with Gasteiger partial charge in [-0.3, -0.25) is 0 Å².